The Bertz CT molecular complexity index is 1360. The van der Waals surface area contributed by atoms with E-state index in [1.54, 1.807) is 25.1 Å². The lowest BCUT2D eigenvalue weighted by atomic mass is 10.1. The van der Waals surface area contributed by atoms with Crippen LogP contribution in [0.3, 0.4) is 0 Å². The van der Waals surface area contributed by atoms with Gasteiger partial charge in [-0.1, -0.05) is 48.5 Å². The first-order chi connectivity index (χ1) is 16.4. The van der Waals surface area contributed by atoms with Gasteiger partial charge in [-0.15, -0.1) is 11.8 Å². The second-order valence-corrected chi connectivity index (χ2v) is 10.2. The molecule has 0 radical (unpaired) electrons. The summed E-state index contributed by atoms with van der Waals surface area (Å²) in [6.45, 7) is 1.75. The van der Waals surface area contributed by atoms with Gasteiger partial charge in [-0.05, 0) is 55.0 Å². The molecule has 1 aromatic heterocycles. The molecule has 4 aromatic rings. The first-order valence-corrected chi connectivity index (χ1v) is 12.8. The van der Waals surface area contributed by atoms with Crippen LogP contribution < -0.4 is 10.0 Å². The molecule has 1 heterocycles. The third kappa shape index (κ3) is 6.00. The van der Waals surface area contributed by atoms with Gasteiger partial charge >= 0.3 is 0 Å². The number of nitrogens with zero attached hydrogens (tertiary/aromatic N) is 2. The first-order valence-electron chi connectivity index (χ1n) is 10.4. The van der Waals surface area contributed by atoms with Crippen LogP contribution in [0, 0.1) is 6.92 Å². The standard InChI is InChI=1S/C25H22N4O3S2/c1-18-16-17-26-25(27-18)29-34(31,32)22-14-12-20(13-15-22)28-24(30)23(19-8-4-2-5-9-19)33-21-10-6-3-7-11-21/h2-17,23H,1H3,(H,28,30)(H,26,27,29)/t23-/m1/s1. The fourth-order valence-corrected chi connectivity index (χ4v) is 5.13. The normalized spacial score (nSPS) is 12.0. The summed E-state index contributed by atoms with van der Waals surface area (Å²) >= 11 is 1.45. The van der Waals surface area contributed by atoms with Crippen LogP contribution >= 0.6 is 11.8 Å². The molecule has 2 N–H and O–H groups in total. The van der Waals surface area contributed by atoms with E-state index in [1.807, 2.05) is 60.7 Å². The van der Waals surface area contributed by atoms with Crippen LogP contribution in [0.5, 0.6) is 0 Å². The van der Waals surface area contributed by atoms with Crippen molar-refractivity contribution in [2.75, 3.05) is 10.0 Å². The van der Waals surface area contributed by atoms with Gasteiger partial charge in [0.1, 0.15) is 5.25 Å². The lowest BCUT2D eigenvalue weighted by Crippen LogP contribution is -2.19. The van der Waals surface area contributed by atoms with Crippen LogP contribution in [0.2, 0.25) is 0 Å². The Kier molecular flexibility index (Phi) is 7.24. The van der Waals surface area contributed by atoms with Crippen LogP contribution in [-0.2, 0) is 14.8 Å². The maximum atomic E-state index is 13.2. The van der Waals surface area contributed by atoms with E-state index in [9.17, 15) is 13.2 Å². The van der Waals surface area contributed by atoms with Crippen molar-refractivity contribution < 1.29 is 13.2 Å². The molecular formula is C25H22N4O3S2. The summed E-state index contributed by atoms with van der Waals surface area (Å²) in [7, 11) is -3.87. The molecule has 172 valence electrons. The topological polar surface area (TPSA) is 101 Å². The maximum Gasteiger partial charge on any atom is 0.264 e. The number of nitrogens with one attached hydrogen (secondary N) is 2. The van der Waals surface area contributed by atoms with Crippen LogP contribution in [0.25, 0.3) is 0 Å². The van der Waals surface area contributed by atoms with Gasteiger partial charge in [-0.25, -0.2) is 23.1 Å². The van der Waals surface area contributed by atoms with E-state index in [4.69, 9.17) is 0 Å². The molecule has 0 bridgehead atoms. The highest BCUT2D eigenvalue weighted by atomic mass is 32.2. The van der Waals surface area contributed by atoms with Crippen molar-refractivity contribution in [2.24, 2.45) is 0 Å². The molecule has 0 aliphatic heterocycles. The van der Waals surface area contributed by atoms with Crippen LogP contribution in [-0.4, -0.2) is 24.3 Å². The molecule has 34 heavy (non-hydrogen) atoms. The van der Waals surface area contributed by atoms with E-state index in [1.165, 1.54) is 30.1 Å². The highest BCUT2D eigenvalue weighted by Crippen LogP contribution is 2.36. The zero-order valence-electron chi connectivity index (χ0n) is 18.3. The number of rotatable bonds is 8. The summed E-state index contributed by atoms with van der Waals surface area (Å²) in [5.74, 6) is -0.206. The molecule has 1 atom stereocenters. The number of hydrogen-bond acceptors (Lipinski definition) is 6. The zero-order valence-corrected chi connectivity index (χ0v) is 19.9. The Morgan fingerprint density at radius 1 is 0.882 bits per heavy atom. The predicted octanol–water partition coefficient (Wildman–Crippen LogP) is 5.06. The van der Waals surface area contributed by atoms with E-state index in [-0.39, 0.29) is 16.8 Å². The minimum Gasteiger partial charge on any atom is -0.325 e. The summed E-state index contributed by atoms with van der Waals surface area (Å²) in [5, 5.41) is 2.42. The molecule has 7 nitrogen and oxygen atoms in total. The van der Waals surface area contributed by atoms with Gasteiger partial charge in [0.15, 0.2) is 0 Å². The Morgan fingerprint density at radius 2 is 1.53 bits per heavy atom. The molecule has 4 rings (SSSR count). The Hall–Kier alpha value is -3.69. The van der Waals surface area contributed by atoms with Crippen LogP contribution in [0.1, 0.15) is 16.5 Å². The van der Waals surface area contributed by atoms with Gasteiger partial charge in [0.25, 0.3) is 10.0 Å². The number of sulfonamides is 1. The minimum atomic E-state index is -3.87. The molecule has 3 aromatic carbocycles. The van der Waals surface area contributed by atoms with E-state index < -0.39 is 15.3 Å². The summed E-state index contributed by atoms with van der Waals surface area (Å²) in [6, 6.07) is 26.8. The number of carbonyl (C=O) groups excluding carboxylic acids is 1. The average molecular weight is 491 g/mol. The van der Waals surface area contributed by atoms with Gasteiger partial charge in [-0.2, -0.15) is 0 Å². The van der Waals surface area contributed by atoms with E-state index in [2.05, 4.69) is 20.0 Å². The lowest BCUT2D eigenvalue weighted by Gasteiger charge is -2.17. The predicted molar refractivity (Wildman–Crippen MR) is 134 cm³/mol. The number of aryl methyl sites for hydroxylation is 1. The van der Waals surface area contributed by atoms with Gasteiger partial charge < -0.3 is 5.32 Å². The van der Waals surface area contributed by atoms with Gasteiger partial charge in [-0.3, -0.25) is 4.79 Å². The number of anilines is 2. The molecule has 0 fully saturated rings. The second-order valence-electron chi connectivity index (χ2n) is 7.36. The number of thioether (sulfide) groups is 1. The molecule has 0 saturated carbocycles. The van der Waals surface area contributed by atoms with Crippen LogP contribution in [0.4, 0.5) is 11.6 Å². The zero-order chi connectivity index (χ0) is 24.0. The largest absolute Gasteiger partial charge is 0.325 e. The van der Waals surface area contributed by atoms with Gasteiger partial charge in [0, 0.05) is 22.5 Å². The highest BCUT2D eigenvalue weighted by molar-refractivity contribution is 8.00. The van der Waals surface area contributed by atoms with Crippen molar-refractivity contribution in [2.45, 2.75) is 22.0 Å². The molecular weight excluding hydrogens is 468 g/mol. The van der Waals surface area contributed by atoms with Crippen LogP contribution in [0.15, 0.2) is 107 Å². The minimum absolute atomic E-state index is 0.000944. The lowest BCUT2D eigenvalue weighted by molar-refractivity contribution is -0.115. The van der Waals surface area contributed by atoms with E-state index >= 15 is 0 Å². The van der Waals surface area contributed by atoms with Crippen molar-refractivity contribution in [3.05, 3.63) is 108 Å². The Morgan fingerprint density at radius 3 is 2.18 bits per heavy atom. The summed E-state index contributed by atoms with van der Waals surface area (Å²) < 4.78 is 27.7. The number of benzene rings is 3. The first kappa shape index (κ1) is 23.5. The molecule has 9 heteroatoms. The smallest absolute Gasteiger partial charge is 0.264 e. The Balaban J connectivity index is 1.50. The van der Waals surface area contributed by atoms with Crippen molar-refractivity contribution >= 4 is 39.3 Å². The van der Waals surface area contributed by atoms with Crippen molar-refractivity contribution in [1.82, 2.24) is 9.97 Å². The molecule has 0 aliphatic carbocycles. The molecule has 0 aliphatic rings. The fraction of sp³-hybridized carbons (Fsp3) is 0.0800. The number of carbonyl (C=O) groups is 1. The molecule has 0 unspecified atom stereocenters. The summed E-state index contributed by atoms with van der Waals surface area (Å²) in [6.07, 6.45) is 1.48. The summed E-state index contributed by atoms with van der Waals surface area (Å²) in [4.78, 5) is 22.2. The number of aromatic nitrogens is 2. The summed E-state index contributed by atoms with van der Waals surface area (Å²) in [5.41, 5.74) is 2.01. The quantitative estimate of drug-likeness (QED) is 0.335. The number of hydrogen-bond donors (Lipinski definition) is 2. The van der Waals surface area contributed by atoms with E-state index in [0.717, 1.165) is 10.5 Å². The number of amides is 1. The van der Waals surface area contributed by atoms with E-state index in [0.29, 0.717) is 11.4 Å². The fourth-order valence-electron chi connectivity index (χ4n) is 3.14. The van der Waals surface area contributed by atoms with Crippen molar-refractivity contribution in [1.29, 1.82) is 0 Å². The van der Waals surface area contributed by atoms with Crippen molar-refractivity contribution in [3.8, 4) is 0 Å². The van der Waals surface area contributed by atoms with Gasteiger partial charge in [0.05, 0.1) is 4.90 Å². The average Bonchev–Trinajstić information content (AvgIpc) is 2.84. The monoisotopic (exact) mass is 490 g/mol. The third-order valence-electron chi connectivity index (χ3n) is 4.79. The molecule has 0 saturated heterocycles. The second kappa shape index (κ2) is 10.5. The van der Waals surface area contributed by atoms with Crippen molar-refractivity contribution in [3.63, 3.8) is 0 Å². The SMILES string of the molecule is Cc1ccnc(NS(=O)(=O)c2ccc(NC(=O)[C@H](Sc3ccccc3)c3ccccc3)cc2)n1. The third-order valence-corrected chi connectivity index (χ3v) is 7.40. The highest BCUT2D eigenvalue weighted by Gasteiger charge is 2.22. The molecule has 1 amide bonds. The van der Waals surface area contributed by atoms with Gasteiger partial charge in [0.2, 0.25) is 11.9 Å². The maximum absolute atomic E-state index is 13.2. The Labute approximate surface area is 202 Å². The molecule has 0 spiro atoms.